The maximum Gasteiger partial charge on any atom is 0.361 e. The lowest BCUT2D eigenvalue weighted by Crippen LogP contribution is -2.45. The molecule has 0 bridgehead atoms. The number of carbonyl (C=O) groups is 2. The van der Waals surface area contributed by atoms with E-state index in [1.54, 1.807) is 38.6 Å². The first kappa shape index (κ1) is 33.4. The average Bonchev–Trinajstić information content (AvgIpc) is 3.30. The van der Waals surface area contributed by atoms with Crippen molar-refractivity contribution in [3.63, 3.8) is 0 Å². The largest absolute Gasteiger partial charge is 0.582 e. The molecule has 0 aliphatic rings. The van der Waals surface area contributed by atoms with Crippen LogP contribution in [0.25, 0.3) is 11.2 Å². The quantitative estimate of drug-likeness (QED) is 0.113. The summed E-state index contributed by atoms with van der Waals surface area (Å²) in [5.74, 6) is -1.37. The summed E-state index contributed by atoms with van der Waals surface area (Å²) in [5.41, 5.74) is 7.73. The highest BCUT2D eigenvalue weighted by molar-refractivity contribution is 7.33. The molecular formula is C25H42N7O7P. The highest BCUT2D eigenvalue weighted by Gasteiger charge is 2.43. The summed E-state index contributed by atoms with van der Waals surface area (Å²) >= 11 is 0. The molecular weight excluding hydrogens is 541 g/mol. The topological polar surface area (TPSA) is 188 Å². The molecule has 2 aromatic rings. The van der Waals surface area contributed by atoms with Gasteiger partial charge in [-0.25, -0.2) is 19.7 Å². The minimum absolute atomic E-state index is 0.0891. The molecule has 0 aliphatic heterocycles. The van der Waals surface area contributed by atoms with Gasteiger partial charge in [-0.2, -0.15) is 5.43 Å². The number of imidazole rings is 1. The molecule has 0 aromatic carbocycles. The van der Waals surface area contributed by atoms with Crippen LogP contribution < -0.4 is 16.1 Å². The van der Waals surface area contributed by atoms with E-state index in [2.05, 4.69) is 32.2 Å². The monoisotopic (exact) mass is 583 g/mol. The Balaban J connectivity index is 1.94. The van der Waals surface area contributed by atoms with Crippen molar-refractivity contribution >= 4 is 37.1 Å². The number of nitrogen functional groups attached to an aromatic ring is 1. The second-order valence-electron chi connectivity index (χ2n) is 10.1. The molecule has 2 aromatic heterocycles. The van der Waals surface area contributed by atoms with Crippen molar-refractivity contribution < 1.29 is 33.2 Å². The van der Waals surface area contributed by atoms with Gasteiger partial charge in [-0.1, -0.05) is 33.1 Å². The first-order chi connectivity index (χ1) is 19.0. The number of unbranched alkanes of at least 4 members (excludes halogenated alkanes) is 3. The number of aromatic nitrogens is 4. The van der Waals surface area contributed by atoms with Gasteiger partial charge in [-0.3, -0.25) is 4.79 Å². The molecule has 0 amide bonds. The van der Waals surface area contributed by atoms with Crippen LogP contribution in [0, 0.1) is 5.92 Å². The third-order valence-corrected chi connectivity index (χ3v) is 6.64. The molecule has 3 N–H and O–H groups in total. The zero-order valence-corrected chi connectivity index (χ0v) is 25.1. The van der Waals surface area contributed by atoms with Crippen LogP contribution in [0.3, 0.4) is 0 Å². The summed E-state index contributed by atoms with van der Waals surface area (Å²) in [5, 5.41) is 0. The first-order valence-electron chi connectivity index (χ1n) is 13.5. The van der Waals surface area contributed by atoms with E-state index in [1.807, 2.05) is 0 Å². The van der Waals surface area contributed by atoms with Crippen molar-refractivity contribution in [2.75, 3.05) is 25.5 Å². The Morgan fingerprint density at radius 2 is 1.95 bits per heavy atom. The minimum atomic E-state index is -2.71. The highest BCUT2D eigenvalue weighted by atomic mass is 31.1. The van der Waals surface area contributed by atoms with Gasteiger partial charge >= 0.3 is 20.1 Å². The Labute approximate surface area is 235 Å². The highest BCUT2D eigenvalue weighted by Crippen LogP contribution is 2.28. The van der Waals surface area contributed by atoms with Gasteiger partial charge in [0.2, 0.25) is 5.60 Å². The number of fused-ring (bicyclic) bond motifs is 1. The molecule has 2 rings (SSSR count). The standard InChI is InChI=1S/C25H42N7O7P/c1-7-8-9-10-11-36-23(33)18(4)12-30-31-40(35)39-25(6,24(34)38-17(2)3)14-37-19(5)13-32-16-29-20-21(26)27-15-28-22(20)32/h15-19,30H,7-14H2,1-6H3,(H2,26,27,28)/t18-,19-,25+/m1/s1. The molecule has 224 valence electrons. The molecule has 40 heavy (non-hydrogen) atoms. The third-order valence-electron chi connectivity index (χ3n) is 5.78. The number of nitrogens with two attached hydrogens (primary N) is 1. The van der Waals surface area contributed by atoms with Crippen LogP contribution in [0.2, 0.25) is 0 Å². The Hall–Kier alpha value is -2.77. The smallest absolute Gasteiger partial charge is 0.361 e. The number of nitrogens with zero attached hydrogens (tertiary/aromatic N) is 5. The summed E-state index contributed by atoms with van der Waals surface area (Å²) < 4.78 is 23.7. The number of ether oxygens (including phenoxy) is 3. The molecule has 0 fully saturated rings. The van der Waals surface area contributed by atoms with E-state index in [4.69, 9.17) is 24.5 Å². The molecule has 14 nitrogen and oxygen atoms in total. The van der Waals surface area contributed by atoms with Crippen molar-refractivity contribution in [3.05, 3.63) is 12.7 Å². The van der Waals surface area contributed by atoms with E-state index in [9.17, 15) is 14.5 Å². The molecule has 0 radical (unpaired) electrons. The van der Waals surface area contributed by atoms with E-state index in [0.29, 0.717) is 24.3 Å². The van der Waals surface area contributed by atoms with Crippen molar-refractivity contribution in [2.45, 2.75) is 91.6 Å². The summed E-state index contributed by atoms with van der Waals surface area (Å²) in [6, 6.07) is 0. The van der Waals surface area contributed by atoms with Crippen LogP contribution in [0.5, 0.6) is 0 Å². The molecule has 1 unspecified atom stereocenters. The van der Waals surface area contributed by atoms with Crippen LogP contribution in [0.1, 0.15) is 67.2 Å². The fourth-order valence-electron chi connectivity index (χ4n) is 3.48. The molecule has 2 heterocycles. The van der Waals surface area contributed by atoms with Crippen LogP contribution in [0.4, 0.5) is 5.82 Å². The fraction of sp³-hybridized carbons (Fsp3) is 0.720. The molecule has 0 saturated heterocycles. The zero-order chi connectivity index (χ0) is 29.7. The van der Waals surface area contributed by atoms with Gasteiger partial charge in [0.1, 0.15) is 11.8 Å². The lowest BCUT2D eigenvalue weighted by molar-refractivity contribution is -0.201. The van der Waals surface area contributed by atoms with Gasteiger partial charge in [0, 0.05) is 11.4 Å². The summed E-state index contributed by atoms with van der Waals surface area (Å²) in [7, 11) is -2.71. The Morgan fingerprint density at radius 3 is 2.65 bits per heavy atom. The molecule has 0 saturated carbocycles. The summed E-state index contributed by atoms with van der Waals surface area (Å²) in [6.07, 6.45) is 6.09. The fourth-order valence-corrected chi connectivity index (χ4v) is 4.19. The Bertz CT molecular complexity index is 1130. The number of carbonyl (C=O) groups excluding carboxylic acids is 2. The second kappa shape index (κ2) is 16.5. The summed E-state index contributed by atoms with van der Waals surface area (Å²) in [4.78, 5) is 53.8. The SMILES string of the molecule is CCCCCCOC(=O)[C@H](C)CN/N=[P+](\[O-])O[C@@](C)(CO[C@H](C)Cn1cnc2c(N)ncnc21)C(=O)OC(C)C. The van der Waals surface area contributed by atoms with E-state index < -0.39 is 37.9 Å². The van der Waals surface area contributed by atoms with Gasteiger partial charge in [-0.15, -0.1) is 4.52 Å². The number of hydrogen-bond acceptors (Lipinski definition) is 12. The van der Waals surface area contributed by atoms with Gasteiger partial charge < -0.3 is 29.4 Å². The first-order valence-corrected chi connectivity index (χ1v) is 14.6. The van der Waals surface area contributed by atoms with Crippen LogP contribution >= 0.6 is 8.17 Å². The van der Waals surface area contributed by atoms with E-state index >= 15 is 0 Å². The average molecular weight is 584 g/mol. The van der Waals surface area contributed by atoms with Gasteiger partial charge in [0.05, 0.1) is 44.2 Å². The van der Waals surface area contributed by atoms with Crippen LogP contribution in [-0.4, -0.2) is 69.0 Å². The number of esters is 2. The number of hydrogen-bond donors (Lipinski definition) is 2. The molecule has 0 aliphatic carbocycles. The normalized spacial score (nSPS) is 15.2. The summed E-state index contributed by atoms with van der Waals surface area (Å²) in [6.45, 7) is 10.9. The van der Waals surface area contributed by atoms with Crippen molar-refractivity contribution in [1.29, 1.82) is 0 Å². The molecule has 15 heteroatoms. The minimum Gasteiger partial charge on any atom is -0.582 e. The molecule has 0 spiro atoms. The number of rotatable bonds is 18. The van der Waals surface area contributed by atoms with Gasteiger partial charge in [0.25, 0.3) is 0 Å². The predicted octanol–water partition coefficient (Wildman–Crippen LogP) is 2.66. The van der Waals surface area contributed by atoms with Crippen molar-refractivity contribution in [3.8, 4) is 0 Å². The van der Waals surface area contributed by atoms with Crippen LogP contribution in [0.15, 0.2) is 17.5 Å². The lowest BCUT2D eigenvalue weighted by atomic mass is 10.1. The Kier molecular flexibility index (Phi) is 13.8. The van der Waals surface area contributed by atoms with Crippen LogP contribution in [-0.2, 0) is 34.9 Å². The molecule has 4 atom stereocenters. The van der Waals surface area contributed by atoms with Crippen molar-refractivity contribution in [1.82, 2.24) is 24.9 Å². The Morgan fingerprint density at radius 1 is 1.20 bits per heavy atom. The third kappa shape index (κ3) is 10.7. The maximum absolute atomic E-state index is 12.9. The van der Waals surface area contributed by atoms with Gasteiger partial charge in [0.15, 0.2) is 11.5 Å². The number of nitrogens with one attached hydrogen (secondary N) is 1. The van der Waals surface area contributed by atoms with E-state index in [-0.39, 0.29) is 24.9 Å². The number of anilines is 1. The maximum atomic E-state index is 12.9. The predicted molar refractivity (Wildman–Crippen MR) is 147 cm³/mol. The second-order valence-corrected chi connectivity index (χ2v) is 10.9. The lowest BCUT2D eigenvalue weighted by Gasteiger charge is -2.26. The van der Waals surface area contributed by atoms with Gasteiger partial charge in [-0.05, 0) is 34.1 Å². The zero-order valence-electron chi connectivity index (χ0n) is 24.2. The van der Waals surface area contributed by atoms with E-state index in [0.717, 1.165) is 25.7 Å². The van der Waals surface area contributed by atoms with E-state index in [1.165, 1.54) is 13.3 Å². The van der Waals surface area contributed by atoms with Crippen molar-refractivity contribution in [2.24, 2.45) is 10.8 Å².